The summed E-state index contributed by atoms with van der Waals surface area (Å²) in [4.78, 5) is 0. The first kappa shape index (κ1) is 18.2. The summed E-state index contributed by atoms with van der Waals surface area (Å²) in [5.41, 5.74) is 0.472. The Balaban J connectivity index is 2.49. The molecular weight excluding hydrogens is 290 g/mol. The molecule has 0 aliphatic heterocycles. The minimum atomic E-state index is 0.0408. The van der Waals surface area contributed by atoms with Gasteiger partial charge in [-0.2, -0.15) is 5.26 Å². The van der Waals surface area contributed by atoms with E-state index in [4.69, 9.17) is 33.7 Å². The minimum Gasteiger partial charge on any atom is -0.464 e. The van der Waals surface area contributed by atoms with E-state index in [2.05, 4.69) is 0 Å². The zero-order chi connectivity index (χ0) is 16.0. The summed E-state index contributed by atoms with van der Waals surface area (Å²) in [6.45, 7) is 1.94. The van der Waals surface area contributed by atoms with Gasteiger partial charge < -0.3 is 28.4 Å². The molecule has 1 aromatic rings. The van der Waals surface area contributed by atoms with Crippen molar-refractivity contribution in [1.82, 2.24) is 0 Å². The van der Waals surface area contributed by atoms with Gasteiger partial charge in [-0.15, -0.1) is 0 Å². The van der Waals surface area contributed by atoms with Crippen LogP contribution in [0.4, 0.5) is 0 Å². The molecule has 0 saturated carbocycles. The van der Waals surface area contributed by atoms with E-state index in [0.29, 0.717) is 43.5 Å². The Morgan fingerprint density at radius 3 is 2.00 bits per heavy atom. The Morgan fingerprint density at radius 2 is 1.45 bits per heavy atom. The molecule has 0 unspecified atom stereocenters. The maximum absolute atomic E-state index is 8.93. The van der Waals surface area contributed by atoms with Gasteiger partial charge in [-0.3, -0.25) is 0 Å². The maximum Gasteiger partial charge on any atom is 0.189 e. The topological polar surface area (TPSA) is 79.2 Å². The van der Waals surface area contributed by atoms with Crippen molar-refractivity contribution in [3.63, 3.8) is 0 Å². The number of benzene rings is 1. The van der Waals surface area contributed by atoms with E-state index in [1.54, 1.807) is 32.4 Å². The molecule has 0 aromatic heterocycles. The van der Waals surface area contributed by atoms with E-state index in [0.717, 1.165) is 0 Å². The zero-order valence-electron chi connectivity index (χ0n) is 12.9. The first-order chi connectivity index (χ1) is 10.8. The van der Waals surface area contributed by atoms with E-state index in [1.807, 2.05) is 6.07 Å². The molecule has 1 rings (SSSR count). The van der Waals surface area contributed by atoms with E-state index in [-0.39, 0.29) is 13.6 Å². The summed E-state index contributed by atoms with van der Waals surface area (Å²) in [5.74, 6) is 0.901. The van der Waals surface area contributed by atoms with Crippen molar-refractivity contribution in [2.75, 3.05) is 54.2 Å². The molecule has 7 heteroatoms. The zero-order valence-corrected chi connectivity index (χ0v) is 12.9. The predicted octanol–water partition coefficient (Wildman–Crippen LogP) is 1.56. The van der Waals surface area contributed by atoms with Gasteiger partial charge in [0.05, 0.1) is 38.1 Å². The average Bonchev–Trinajstić information content (AvgIpc) is 2.55. The van der Waals surface area contributed by atoms with E-state index in [9.17, 15) is 0 Å². The molecule has 122 valence electrons. The van der Waals surface area contributed by atoms with Crippen molar-refractivity contribution < 1.29 is 28.4 Å². The molecule has 0 saturated heterocycles. The summed E-state index contributed by atoms with van der Waals surface area (Å²) in [7, 11) is 3.19. The summed E-state index contributed by atoms with van der Waals surface area (Å²) in [5, 5.41) is 8.93. The van der Waals surface area contributed by atoms with Gasteiger partial charge in [0.1, 0.15) is 0 Å². The smallest absolute Gasteiger partial charge is 0.189 e. The lowest BCUT2D eigenvalue weighted by Crippen LogP contribution is -2.10. The Hall–Kier alpha value is -1.85. The van der Waals surface area contributed by atoms with Crippen LogP contribution in [-0.4, -0.2) is 54.2 Å². The largest absolute Gasteiger partial charge is 0.464 e. The molecule has 22 heavy (non-hydrogen) atoms. The van der Waals surface area contributed by atoms with Gasteiger partial charge in [-0.1, -0.05) is 0 Å². The van der Waals surface area contributed by atoms with Crippen molar-refractivity contribution in [2.45, 2.75) is 0 Å². The maximum atomic E-state index is 8.93. The molecule has 0 fully saturated rings. The predicted molar refractivity (Wildman–Crippen MR) is 77.8 cm³/mol. The second kappa shape index (κ2) is 11.8. The Morgan fingerprint density at radius 1 is 0.864 bits per heavy atom. The van der Waals surface area contributed by atoms with Crippen LogP contribution in [0, 0.1) is 11.3 Å². The van der Waals surface area contributed by atoms with Crippen molar-refractivity contribution in [3.05, 3.63) is 23.8 Å². The minimum absolute atomic E-state index is 0.0408. The quantitative estimate of drug-likeness (QED) is 0.428. The highest BCUT2D eigenvalue weighted by atomic mass is 16.7. The van der Waals surface area contributed by atoms with Crippen LogP contribution in [0.3, 0.4) is 0 Å². The molecule has 1 aromatic carbocycles. The first-order valence-corrected chi connectivity index (χ1v) is 6.75. The fourth-order valence-corrected chi connectivity index (χ4v) is 1.42. The van der Waals surface area contributed by atoms with Gasteiger partial charge in [0.25, 0.3) is 0 Å². The lowest BCUT2D eigenvalue weighted by Gasteiger charge is -2.13. The Kier molecular flexibility index (Phi) is 9.74. The Labute approximate surface area is 130 Å². The highest BCUT2D eigenvalue weighted by Gasteiger charge is 2.07. The number of nitrogens with zero attached hydrogens (tertiary/aromatic N) is 1. The van der Waals surface area contributed by atoms with Crippen molar-refractivity contribution in [3.8, 4) is 17.6 Å². The van der Waals surface area contributed by atoms with Crippen LogP contribution in [0.25, 0.3) is 0 Å². The van der Waals surface area contributed by atoms with Gasteiger partial charge in [-0.05, 0) is 12.1 Å². The Bertz CT molecular complexity index is 460. The first-order valence-electron chi connectivity index (χ1n) is 6.75. The van der Waals surface area contributed by atoms with Crippen LogP contribution in [0.1, 0.15) is 5.56 Å². The standard InChI is InChI=1S/C15H21NO6/c1-17-5-7-19-11-21-14-4-3-13(10-16)9-15(14)22-12-20-8-6-18-2/h3-4,9H,5-8,11-12H2,1-2H3. The van der Waals surface area contributed by atoms with Crippen molar-refractivity contribution >= 4 is 0 Å². The number of methoxy groups -OCH3 is 2. The molecule has 0 spiro atoms. The van der Waals surface area contributed by atoms with Gasteiger partial charge in [-0.25, -0.2) is 0 Å². The SMILES string of the molecule is COCCOCOc1ccc(C#N)cc1OCOCCOC. The molecule has 0 N–H and O–H groups in total. The monoisotopic (exact) mass is 311 g/mol. The molecule has 7 nitrogen and oxygen atoms in total. The van der Waals surface area contributed by atoms with Gasteiger partial charge in [0.2, 0.25) is 0 Å². The summed E-state index contributed by atoms with van der Waals surface area (Å²) < 4.78 is 31.1. The molecule has 0 aliphatic rings. The third-order valence-electron chi connectivity index (χ3n) is 2.53. The molecule has 0 amide bonds. The third-order valence-corrected chi connectivity index (χ3v) is 2.53. The fourth-order valence-electron chi connectivity index (χ4n) is 1.42. The van der Waals surface area contributed by atoms with Crippen LogP contribution in [0.5, 0.6) is 11.5 Å². The highest BCUT2D eigenvalue weighted by molar-refractivity contribution is 5.46. The van der Waals surface area contributed by atoms with Gasteiger partial charge >= 0.3 is 0 Å². The molecule has 0 heterocycles. The number of ether oxygens (including phenoxy) is 6. The number of hydrogen-bond acceptors (Lipinski definition) is 7. The summed E-state index contributed by atoms with van der Waals surface area (Å²) in [6.07, 6.45) is 0. The number of rotatable bonds is 12. The number of nitriles is 1. The molecule has 0 bridgehead atoms. The van der Waals surface area contributed by atoms with Crippen LogP contribution in [-0.2, 0) is 18.9 Å². The van der Waals surface area contributed by atoms with Gasteiger partial charge in [0.15, 0.2) is 25.1 Å². The van der Waals surface area contributed by atoms with Crippen molar-refractivity contribution in [1.29, 1.82) is 5.26 Å². The lowest BCUT2D eigenvalue weighted by molar-refractivity contribution is -0.0207. The summed E-state index contributed by atoms with van der Waals surface area (Å²) >= 11 is 0. The van der Waals surface area contributed by atoms with Gasteiger partial charge in [0, 0.05) is 20.3 Å². The third kappa shape index (κ3) is 7.24. The second-order valence-corrected chi connectivity index (χ2v) is 4.10. The molecule has 0 atom stereocenters. The normalized spacial score (nSPS) is 10.2. The molecule has 0 radical (unpaired) electrons. The molecule has 0 aliphatic carbocycles. The van der Waals surface area contributed by atoms with Crippen LogP contribution >= 0.6 is 0 Å². The van der Waals surface area contributed by atoms with E-state index in [1.165, 1.54) is 0 Å². The van der Waals surface area contributed by atoms with E-state index < -0.39 is 0 Å². The highest BCUT2D eigenvalue weighted by Crippen LogP contribution is 2.28. The van der Waals surface area contributed by atoms with Crippen LogP contribution in [0.2, 0.25) is 0 Å². The van der Waals surface area contributed by atoms with Crippen LogP contribution < -0.4 is 9.47 Å². The van der Waals surface area contributed by atoms with E-state index >= 15 is 0 Å². The number of hydrogen-bond donors (Lipinski definition) is 0. The lowest BCUT2D eigenvalue weighted by atomic mass is 10.2. The average molecular weight is 311 g/mol. The van der Waals surface area contributed by atoms with Crippen LogP contribution in [0.15, 0.2) is 18.2 Å². The second-order valence-electron chi connectivity index (χ2n) is 4.10. The van der Waals surface area contributed by atoms with Crippen molar-refractivity contribution in [2.24, 2.45) is 0 Å². The fraction of sp³-hybridized carbons (Fsp3) is 0.533. The summed E-state index contributed by atoms with van der Waals surface area (Å²) in [6, 6.07) is 6.93. The molecular formula is C15H21NO6.